The molecule has 19 heavy (non-hydrogen) atoms. The number of para-hydroxylation sites is 2. The van der Waals surface area contributed by atoms with E-state index in [4.69, 9.17) is 9.47 Å². The summed E-state index contributed by atoms with van der Waals surface area (Å²) in [6, 6.07) is 7.28. The highest BCUT2D eigenvalue weighted by atomic mass is 16.6. The molecule has 2 heterocycles. The van der Waals surface area contributed by atoms with Crippen LogP contribution in [0.4, 0.5) is 5.69 Å². The molecule has 0 bridgehead atoms. The molecule has 6 nitrogen and oxygen atoms in total. The Kier molecular flexibility index (Phi) is 2.83. The Labute approximate surface area is 109 Å². The molecule has 0 radical (unpaired) electrons. The van der Waals surface area contributed by atoms with Crippen LogP contribution in [0.3, 0.4) is 0 Å². The number of carbonyl (C=O) groups excluding carboxylic acids is 1. The Bertz CT molecular complexity index is 609. The van der Waals surface area contributed by atoms with E-state index in [9.17, 15) is 4.79 Å². The summed E-state index contributed by atoms with van der Waals surface area (Å²) in [7, 11) is 1.78. The molecule has 0 aliphatic carbocycles. The van der Waals surface area contributed by atoms with Gasteiger partial charge in [0.15, 0.2) is 11.5 Å². The maximum Gasteiger partial charge on any atom is 0.269 e. The number of anilines is 1. The number of rotatable bonds is 2. The highest BCUT2D eigenvalue weighted by molar-refractivity contribution is 5.94. The molecule has 2 aromatic rings. The smallest absolute Gasteiger partial charge is 0.269 e. The molecule has 0 fully saturated rings. The van der Waals surface area contributed by atoms with Crippen LogP contribution in [0.15, 0.2) is 36.7 Å². The van der Waals surface area contributed by atoms with Gasteiger partial charge < -0.3 is 14.8 Å². The van der Waals surface area contributed by atoms with Crippen LogP contribution < -0.4 is 14.8 Å². The Morgan fingerprint density at radius 2 is 2.21 bits per heavy atom. The van der Waals surface area contributed by atoms with Gasteiger partial charge >= 0.3 is 0 Å². The SMILES string of the molecule is Cn1cc(NC(=O)C2COc3ccccc3O2)cn1. The van der Waals surface area contributed by atoms with E-state index >= 15 is 0 Å². The monoisotopic (exact) mass is 259 g/mol. The van der Waals surface area contributed by atoms with Crippen molar-refractivity contribution in [1.82, 2.24) is 9.78 Å². The number of nitrogens with zero attached hydrogens (tertiary/aromatic N) is 2. The van der Waals surface area contributed by atoms with Gasteiger partial charge in [-0.15, -0.1) is 0 Å². The zero-order valence-corrected chi connectivity index (χ0v) is 10.4. The minimum absolute atomic E-state index is 0.198. The third-order valence-electron chi connectivity index (χ3n) is 2.77. The first-order valence-corrected chi connectivity index (χ1v) is 5.90. The van der Waals surface area contributed by atoms with Gasteiger partial charge in [0, 0.05) is 13.2 Å². The average molecular weight is 259 g/mol. The number of aryl methyl sites for hydroxylation is 1. The third kappa shape index (κ3) is 2.37. The number of hydrogen-bond acceptors (Lipinski definition) is 4. The fourth-order valence-corrected chi connectivity index (χ4v) is 1.86. The van der Waals surface area contributed by atoms with E-state index in [1.165, 1.54) is 0 Å². The van der Waals surface area contributed by atoms with Crippen LogP contribution in [-0.4, -0.2) is 28.4 Å². The van der Waals surface area contributed by atoms with E-state index in [1.54, 1.807) is 30.2 Å². The van der Waals surface area contributed by atoms with Gasteiger partial charge in [-0.1, -0.05) is 12.1 Å². The molecule has 1 aromatic heterocycles. The molecule has 6 heteroatoms. The molecular weight excluding hydrogens is 246 g/mol. The molecule has 98 valence electrons. The summed E-state index contributed by atoms with van der Waals surface area (Å²) in [6.45, 7) is 0.198. The van der Waals surface area contributed by atoms with Crippen LogP contribution in [0.2, 0.25) is 0 Å². The largest absolute Gasteiger partial charge is 0.485 e. The fraction of sp³-hybridized carbons (Fsp3) is 0.231. The lowest BCUT2D eigenvalue weighted by atomic mass is 10.2. The number of benzene rings is 1. The van der Waals surface area contributed by atoms with Crippen molar-refractivity contribution in [2.45, 2.75) is 6.10 Å². The number of fused-ring (bicyclic) bond motifs is 1. The molecule has 0 saturated carbocycles. The second-order valence-electron chi connectivity index (χ2n) is 4.26. The summed E-state index contributed by atoms with van der Waals surface area (Å²) in [6.07, 6.45) is 2.64. The van der Waals surface area contributed by atoms with Gasteiger partial charge in [-0.05, 0) is 12.1 Å². The van der Waals surface area contributed by atoms with Gasteiger partial charge in [-0.2, -0.15) is 5.10 Å². The lowest BCUT2D eigenvalue weighted by molar-refractivity contribution is -0.125. The number of ether oxygens (including phenoxy) is 2. The molecule has 1 N–H and O–H groups in total. The first kappa shape index (κ1) is 11.6. The highest BCUT2D eigenvalue weighted by Gasteiger charge is 2.27. The molecule has 1 aromatic carbocycles. The van der Waals surface area contributed by atoms with Gasteiger partial charge in [0.2, 0.25) is 6.10 Å². The van der Waals surface area contributed by atoms with Crippen molar-refractivity contribution in [3.05, 3.63) is 36.7 Å². The van der Waals surface area contributed by atoms with Crippen LogP contribution in [0, 0.1) is 0 Å². The highest BCUT2D eigenvalue weighted by Crippen LogP contribution is 2.31. The topological polar surface area (TPSA) is 65.4 Å². The number of carbonyl (C=O) groups is 1. The Balaban J connectivity index is 1.69. The average Bonchev–Trinajstić information content (AvgIpc) is 2.83. The lowest BCUT2D eigenvalue weighted by Gasteiger charge is -2.25. The van der Waals surface area contributed by atoms with Crippen LogP contribution in [0.1, 0.15) is 0 Å². The Hall–Kier alpha value is -2.50. The Morgan fingerprint density at radius 1 is 1.42 bits per heavy atom. The predicted molar refractivity (Wildman–Crippen MR) is 68.2 cm³/mol. The van der Waals surface area contributed by atoms with Crippen molar-refractivity contribution in [2.75, 3.05) is 11.9 Å². The second-order valence-corrected chi connectivity index (χ2v) is 4.26. The van der Waals surface area contributed by atoms with E-state index < -0.39 is 6.10 Å². The van der Waals surface area contributed by atoms with Crippen molar-refractivity contribution < 1.29 is 14.3 Å². The summed E-state index contributed by atoms with van der Waals surface area (Å²) in [5.41, 5.74) is 0.634. The van der Waals surface area contributed by atoms with E-state index in [-0.39, 0.29) is 12.5 Å². The normalized spacial score (nSPS) is 17.0. The number of nitrogens with one attached hydrogen (secondary N) is 1. The minimum Gasteiger partial charge on any atom is -0.485 e. The van der Waals surface area contributed by atoms with Gasteiger partial charge in [0.1, 0.15) is 6.61 Å². The van der Waals surface area contributed by atoms with Crippen LogP contribution >= 0.6 is 0 Å². The first-order chi connectivity index (χ1) is 9.22. The molecule has 1 aliphatic heterocycles. The van der Waals surface area contributed by atoms with Crippen molar-refractivity contribution in [3.8, 4) is 11.5 Å². The van der Waals surface area contributed by atoms with E-state index in [2.05, 4.69) is 10.4 Å². The van der Waals surface area contributed by atoms with Gasteiger partial charge in [-0.25, -0.2) is 0 Å². The van der Waals surface area contributed by atoms with E-state index in [0.29, 0.717) is 17.2 Å². The van der Waals surface area contributed by atoms with Crippen LogP contribution in [0.25, 0.3) is 0 Å². The van der Waals surface area contributed by atoms with E-state index in [0.717, 1.165) is 0 Å². The first-order valence-electron chi connectivity index (χ1n) is 5.90. The van der Waals surface area contributed by atoms with Gasteiger partial charge in [-0.3, -0.25) is 9.48 Å². The molecule has 0 spiro atoms. The maximum atomic E-state index is 12.0. The van der Waals surface area contributed by atoms with Gasteiger partial charge in [0.05, 0.1) is 11.9 Å². The molecule has 1 atom stereocenters. The number of hydrogen-bond donors (Lipinski definition) is 1. The third-order valence-corrected chi connectivity index (χ3v) is 2.77. The summed E-state index contributed by atoms with van der Waals surface area (Å²) >= 11 is 0. The second kappa shape index (κ2) is 4.64. The summed E-state index contributed by atoms with van der Waals surface area (Å²) in [5, 5.41) is 6.72. The van der Waals surface area contributed by atoms with Crippen molar-refractivity contribution >= 4 is 11.6 Å². The van der Waals surface area contributed by atoms with Crippen molar-refractivity contribution in [1.29, 1.82) is 0 Å². The standard InChI is InChI=1S/C13H13N3O3/c1-16-7-9(6-14-16)15-13(17)12-8-18-10-4-2-3-5-11(10)19-12/h2-7,12H,8H2,1H3,(H,15,17). The zero-order chi connectivity index (χ0) is 13.2. The fourth-order valence-electron chi connectivity index (χ4n) is 1.86. The lowest BCUT2D eigenvalue weighted by Crippen LogP contribution is -2.40. The summed E-state index contributed by atoms with van der Waals surface area (Å²) < 4.78 is 12.7. The zero-order valence-electron chi connectivity index (χ0n) is 10.4. The predicted octanol–water partition coefficient (Wildman–Crippen LogP) is 1.20. The summed E-state index contributed by atoms with van der Waals surface area (Å²) in [4.78, 5) is 12.0. The maximum absolute atomic E-state index is 12.0. The molecular formula is C13H13N3O3. The molecule has 1 unspecified atom stereocenters. The molecule has 1 aliphatic rings. The molecule has 3 rings (SSSR count). The summed E-state index contributed by atoms with van der Waals surface area (Å²) in [5.74, 6) is 0.996. The van der Waals surface area contributed by atoms with Crippen LogP contribution in [-0.2, 0) is 11.8 Å². The van der Waals surface area contributed by atoms with Crippen molar-refractivity contribution in [2.24, 2.45) is 7.05 Å². The minimum atomic E-state index is -0.657. The molecule has 0 saturated heterocycles. The van der Waals surface area contributed by atoms with E-state index in [1.807, 2.05) is 18.2 Å². The Morgan fingerprint density at radius 3 is 2.95 bits per heavy atom. The molecule has 1 amide bonds. The van der Waals surface area contributed by atoms with Crippen molar-refractivity contribution in [3.63, 3.8) is 0 Å². The number of amides is 1. The quantitative estimate of drug-likeness (QED) is 0.880. The van der Waals surface area contributed by atoms with Crippen LogP contribution in [0.5, 0.6) is 11.5 Å². The number of aromatic nitrogens is 2. The van der Waals surface area contributed by atoms with Gasteiger partial charge in [0.25, 0.3) is 5.91 Å².